The Morgan fingerprint density at radius 3 is 2.24 bits per heavy atom. The highest BCUT2D eigenvalue weighted by Gasteiger charge is 2.08. The van der Waals surface area contributed by atoms with E-state index in [1.165, 1.54) is 5.56 Å². The molecule has 0 unspecified atom stereocenters. The fourth-order valence-electron chi connectivity index (χ4n) is 3.14. The summed E-state index contributed by atoms with van der Waals surface area (Å²) >= 11 is 0. The summed E-state index contributed by atoms with van der Waals surface area (Å²) in [4.78, 5) is 26.5. The predicted octanol–water partition coefficient (Wildman–Crippen LogP) is 3.34. The number of amides is 2. The summed E-state index contributed by atoms with van der Waals surface area (Å²) in [5, 5.41) is 7.83. The summed E-state index contributed by atoms with van der Waals surface area (Å²) in [5.74, 6) is -0.249. The second-order valence-electron chi connectivity index (χ2n) is 7.40. The summed E-state index contributed by atoms with van der Waals surface area (Å²) in [6, 6.07) is 21.7. The molecule has 5 heteroatoms. The van der Waals surface area contributed by atoms with Crippen LogP contribution in [0.2, 0.25) is 0 Å². The molecule has 3 aromatic carbocycles. The Hall–Kier alpha value is -3.18. The lowest BCUT2D eigenvalue weighted by Crippen LogP contribution is -2.30. The molecule has 0 saturated heterocycles. The van der Waals surface area contributed by atoms with Crippen LogP contribution in [0.25, 0.3) is 10.8 Å². The third-order valence-corrected chi connectivity index (χ3v) is 4.66. The van der Waals surface area contributed by atoms with Gasteiger partial charge >= 0.3 is 0 Å². The van der Waals surface area contributed by atoms with Gasteiger partial charge in [-0.05, 0) is 48.1 Å². The lowest BCUT2D eigenvalue weighted by Gasteiger charge is -2.11. The number of nitrogens with zero attached hydrogens (tertiary/aromatic N) is 1. The Morgan fingerprint density at radius 1 is 0.828 bits per heavy atom. The number of benzene rings is 3. The van der Waals surface area contributed by atoms with Crippen LogP contribution in [0.15, 0.2) is 66.7 Å². The lowest BCUT2D eigenvalue weighted by atomic mass is 10.1. The second kappa shape index (κ2) is 9.85. The summed E-state index contributed by atoms with van der Waals surface area (Å²) in [7, 11) is 4.07. The van der Waals surface area contributed by atoms with Crippen molar-refractivity contribution in [3.8, 4) is 0 Å². The van der Waals surface area contributed by atoms with E-state index in [1.807, 2.05) is 62.6 Å². The molecule has 3 aromatic rings. The summed E-state index contributed by atoms with van der Waals surface area (Å²) < 4.78 is 0. The van der Waals surface area contributed by atoms with Crippen molar-refractivity contribution in [1.82, 2.24) is 15.5 Å². The van der Waals surface area contributed by atoms with Gasteiger partial charge in [0.05, 0.1) is 0 Å². The largest absolute Gasteiger partial charge is 0.352 e. The number of fused-ring (bicyclic) bond motifs is 1. The smallest absolute Gasteiger partial charge is 0.251 e. The minimum Gasteiger partial charge on any atom is -0.352 e. The van der Waals surface area contributed by atoms with E-state index >= 15 is 0 Å². The topological polar surface area (TPSA) is 61.4 Å². The minimum atomic E-state index is -0.167. The van der Waals surface area contributed by atoms with Gasteiger partial charge in [0, 0.05) is 31.6 Å². The van der Waals surface area contributed by atoms with E-state index in [2.05, 4.69) is 27.7 Å². The summed E-state index contributed by atoms with van der Waals surface area (Å²) in [5.41, 5.74) is 2.89. The molecule has 0 fully saturated rings. The van der Waals surface area contributed by atoms with Crippen LogP contribution < -0.4 is 10.6 Å². The Kier molecular flexibility index (Phi) is 6.98. The van der Waals surface area contributed by atoms with Gasteiger partial charge in [-0.25, -0.2) is 0 Å². The van der Waals surface area contributed by atoms with Crippen LogP contribution in [-0.2, 0) is 17.9 Å². The average molecular weight is 389 g/mol. The number of carbonyl (C=O) groups is 2. The monoisotopic (exact) mass is 389 g/mol. The maximum absolute atomic E-state index is 12.3. The number of nitrogens with one attached hydrogen (secondary N) is 2. The molecule has 0 spiro atoms. The van der Waals surface area contributed by atoms with E-state index in [0.29, 0.717) is 18.7 Å². The van der Waals surface area contributed by atoms with Crippen molar-refractivity contribution in [3.63, 3.8) is 0 Å². The van der Waals surface area contributed by atoms with Gasteiger partial charge in [-0.3, -0.25) is 9.59 Å². The second-order valence-corrected chi connectivity index (χ2v) is 7.40. The van der Waals surface area contributed by atoms with Crippen LogP contribution in [0.1, 0.15) is 27.9 Å². The van der Waals surface area contributed by atoms with E-state index < -0.39 is 0 Å². The molecule has 0 heterocycles. The first-order valence-corrected chi connectivity index (χ1v) is 9.77. The molecule has 0 saturated carbocycles. The summed E-state index contributed by atoms with van der Waals surface area (Å²) in [6.45, 7) is 1.68. The molecule has 0 radical (unpaired) electrons. The first kappa shape index (κ1) is 20.6. The first-order valence-electron chi connectivity index (χ1n) is 9.77. The van der Waals surface area contributed by atoms with E-state index in [9.17, 15) is 9.59 Å². The van der Waals surface area contributed by atoms with Crippen LogP contribution in [0, 0.1) is 0 Å². The zero-order chi connectivity index (χ0) is 20.6. The van der Waals surface area contributed by atoms with Crippen LogP contribution >= 0.6 is 0 Å². The Labute approximate surface area is 171 Å². The molecule has 0 atom stereocenters. The molecular weight excluding hydrogens is 362 g/mol. The fraction of sp³-hybridized carbons (Fsp3) is 0.250. The molecule has 0 aliphatic carbocycles. The van der Waals surface area contributed by atoms with Gasteiger partial charge in [-0.15, -0.1) is 0 Å². The third-order valence-electron chi connectivity index (χ3n) is 4.66. The molecule has 5 nitrogen and oxygen atoms in total. The maximum Gasteiger partial charge on any atom is 0.251 e. The van der Waals surface area contributed by atoms with E-state index in [4.69, 9.17) is 0 Å². The van der Waals surface area contributed by atoms with E-state index in [0.717, 1.165) is 22.9 Å². The molecule has 2 N–H and O–H groups in total. The van der Waals surface area contributed by atoms with Crippen molar-refractivity contribution in [2.75, 3.05) is 20.6 Å². The van der Waals surface area contributed by atoms with Crippen LogP contribution in [0.4, 0.5) is 0 Å². The number of carbonyl (C=O) groups excluding carboxylic acids is 2. The van der Waals surface area contributed by atoms with Gasteiger partial charge in [0.1, 0.15) is 0 Å². The van der Waals surface area contributed by atoms with Crippen molar-refractivity contribution < 1.29 is 9.59 Å². The highest BCUT2D eigenvalue weighted by Crippen LogP contribution is 2.15. The van der Waals surface area contributed by atoms with Crippen molar-refractivity contribution in [2.24, 2.45) is 0 Å². The van der Waals surface area contributed by atoms with E-state index in [1.54, 1.807) is 6.07 Å². The zero-order valence-electron chi connectivity index (χ0n) is 16.9. The maximum atomic E-state index is 12.3. The van der Waals surface area contributed by atoms with Gasteiger partial charge in [0.25, 0.3) is 5.91 Å². The molecule has 0 aliphatic rings. The normalized spacial score (nSPS) is 10.9. The van der Waals surface area contributed by atoms with Crippen LogP contribution in [-0.4, -0.2) is 37.4 Å². The SMILES string of the molecule is CN(C)Cc1ccc(CNC(=O)CCNC(=O)c2ccc3ccccc3c2)cc1. The Balaban J connectivity index is 1.41. The molecule has 0 aliphatic heterocycles. The zero-order valence-corrected chi connectivity index (χ0v) is 16.9. The standard InChI is InChI=1S/C24H27N3O2/c1-27(2)17-19-9-7-18(8-10-19)16-26-23(28)13-14-25-24(29)22-12-11-20-5-3-4-6-21(20)15-22/h3-12,15H,13-14,16-17H2,1-2H3,(H,25,29)(H,26,28). The first-order chi connectivity index (χ1) is 14.0. The molecule has 0 bridgehead atoms. The number of rotatable bonds is 8. The Morgan fingerprint density at radius 2 is 1.52 bits per heavy atom. The van der Waals surface area contributed by atoms with E-state index in [-0.39, 0.29) is 18.2 Å². The quantitative estimate of drug-likeness (QED) is 0.621. The van der Waals surface area contributed by atoms with Gasteiger partial charge in [0.15, 0.2) is 0 Å². The fourth-order valence-corrected chi connectivity index (χ4v) is 3.14. The van der Waals surface area contributed by atoms with Gasteiger partial charge in [0.2, 0.25) is 5.91 Å². The van der Waals surface area contributed by atoms with Crippen LogP contribution in [0.3, 0.4) is 0 Å². The molecule has 0 aromatic heterocycles. The molecule has 2 amide bonds. The van der Waals surface area contributed by atoms with Crippen LogP contribution in [0.5, 0.6) is 0 Å². The number of hydrogen-bond acceptors (Lipinski definition) is 3. The number of hydrogen-bond donors (Lipinski definition) is 2. The highest BCUT2D eigenvalue weighted by molar-refractivity contribution is 5.98. The highest BCUT2D eigenvalue weighted by atomic mass is 16.2. The molecule has 3 rings (SSSR count). The molecule has 150 valence electrons. The predicted molar refractivity (Wildman–Crippen MR) is 117 cm³/mol. The van der Waals surface area contributed by atoms with Crippen molar-refractivity contribution in [2.45, 2.75) is 19.5 Å². The lowest BCUT2D eigenvalue weighted by molar-refractivity contribution is -0.121. The van der Waals surface area contributed by atoms with Gasteiger partial charge in [-0.2, -0.15) is 0 Å². The van der Waals surface area contributed by atoms with Gasteiger partial charge < -0.3 is 15.5 Å². The molecular formula is C24H27N3O2. The van der Waals surface area contributed by atoms with Crippen molar-refractivity contribution >= 4 is 22.6 Å². The molecule has 29 heavy (non-hydrogen) atoms. The van der Waals surface area contributed by atoms with Crippen molar-refractivity contribution in [3.05, 3.63) is 83.4 Å². The minimum absolute atomic E-state index is 0.0822. The van der Waals surface area contributed by atoms with Gasteiger partial charge in [-0.1, -0.05) is 54.6 Å². The Bertz CT molecular complexity index is 981. The third kappa shape index (κ3) is 6.16. The summed E-state index contributed by atoms with van der Waals surface area (Å²) in [6.07, 6.45) is 0.248. The average Bonchev–Trinajstić information content (AvgIpc) is 2.72. The van der Waals surface area contributed by atoms with Crippen molar-refractivity contribution in [1.29, 1.82) is 0 Å².